The van der Waals surface area contributed by atoms with Gasteiger partial charge in [0, 0.05) is 23.0 Å². The molecular weight excluding hydrogens is 228 g/mol. The van der Waals surface area contributed by atoms with Gasteiger partial charge in [0.05, 0.1) is 13.2 Å². The number of methoxy groups -OCH3 is 1. The van der Waals surface area contributed by atoms with Gasteiger partial charge >= 0.3 is 0 Å². The Kier molecular flexibility index (Phi) is 2.80. The molecule has 1 heterocycles. The fourth-order valence-corrected chi connectivity index (χ4v) is 2.37. The topological polar surface area (TPSA) is 54.4 Å². The zero-order valence-corrected chi connectivity index (χ0v) is 10.3. The fraction of sp³-hybridized carbons (Fsp3) is 0.357. The SMILES string of the molecule is COc1cccc2c(NC3CC(O)C3)nccc12. The van der Waals surface area contributed by atoms with E-state index in [4.69, 9.17) is 4.74 Å². The number of anilines is 1. The number of rotatable bonds is 3. The molecule has 1 saturated carbocycles. The fourth-order valence-electron chi connectivity index (χ4n) is 2.37. The van der Waals surface area contributed by atoms with Gasteiger partial charge in [-0.25, -0.2) is 4.98 Å². The summed E-state index contributed by atoms with van der Waals surface area (Å²) < 4.78 is 5.35. The van der Waals surface area contributed by atoms with Crippen LogP contribution in [0.25, 0.3) is 10.8 Å². The van der Waals surface area contributed by atoms with Crippen LogP contribution in [0.3, 0.4) is 0 Å². The van der Waals surface area contributed by atoms with Crippen molar-refractivity contribution in [2.45, 2.75) is 25.0 Å². The van der Waals surface area contributed by atoms with Crippen LogP contribution in [0, 0.1) is 0 Å². The van der Waals surface area contributed by atoms with Crippen LogP contribution >= 0.6 is 0 Å². The van der Waals surface area contributed by atoms with Crippen molar-refractivity contribution in [1.29, 1.82) is 0 Å². The third-order valence-corrected chi connectivity index (χ3v) is 3.44. The Bertz CT molecular complexity index is 565. The van der Waals surface area contributed by atoms with E-state index in [-0.39, 0.29) is 6.10 Å². The largest absolute Gasteiger partial charge is 0.496 e. The van der Waals surface area contributed by atoms with Crippen LogP contribution in [0.4, 0.5) is 5.82 Å². The maximum atomic E-state index is 9.31. The highest BCUT2D eigenvalue weighted by molar-refractivity contribution is 5.95. The van der Waals surface area contributed by atoms with Crippen molar-refractivity contribution in [2.24, 2.45) is 0 Å². The average Bonchev–Trinajstić information content (AvgIpc) is 2.36. The maximum absolute atomic E-state index is 9.31. The van der Waals surface area contributed by atoms with Gasteiger partial charge in [-0.15, -0.1) is 0 Å². The van der Waals surface area contributed by atoms with Crippen LogP contribution < -0.4 is 10.1 Å². The van der Waals surface area contributed by atoms with Crippen molar-refractivity contribution < 1.29 is 9.84 Å². The van der Waals surface area contributed by atoms with Crippen molar-refractivity contribution in [1.82, 2.24) is 4.98 Å². The van der Waals surface area contributed by atoms with E-state index in [1.807, 2.05) is 24.3 Å². The third kappa shape index (κ3) is 1.88. The second kappa shape index (κ2) is 4.46. The van der Waals surface area contributed by atoms with Crippen molar-refractivity contribution in [3.8, 4) is 5.75 Å². The van der Waals surface area contributed by atoms with Crippen LogP contribution in [0.15, 0.2) is 30.5 Å². The first-order chi connectivity index (χ1) is 8.78. The molecule has 0 unspecified atom stereocenters. The molecule has 18 heavy (non-hydrogen) atoms. The van der Waals surface area contributed by atoms with Gasteiger partial charge in [-0.3, -0.25) is 0 Å². The second-order valence-electron chi connectivity index (χ2n) is 4.68. The van der Waals surface area contributed by atoms with E-state index in [2.05, 4.69) is 10.3 Å². The van der Waals surface area contributed by atoms with E-state index in [9.17, 15) is 5.11 Å². The summed E-state index contributed by atoms with van der Waals surface area (Å²) in [6.07, 6.45) is 3.21. The van der Waals surface area contributed by atoms with Gasteiger partial charge in [0.2, 0.25) is 0 Å². The molecular formula is C14H16N2O2. The molecule has 4 nitrogen and oxygen atoms in total. The van der Waals surface area contributed by atoms with E-state index in [1.165, 1.54) is 0 Å². The molecule has 0 saturated heterocycles. The zero-order chi connectivity index (χ0) is 12.5. The molecule has 0 amide bonds. The van der Waals surface area contributed by atoms with E-state index < -0.39 is 0 Å². The Labute approximate surface area is 106 Å². The summed E-state index contributed by atoms with van der Waals surface area (Å²) >= 11 is 0. The smallest absolute Gasteiger partial charge is 0.134 e. The molecule has 1 aromatic heterocycles. The lowest BCUT2D eigenvalue weighted by Gasteiger charge is -2.32. The van der Waals surface area contributed by atoms with Crippen molar-refractivity contribution in [3.63, 3.8) is 0 Å². The predicted octanol–water partition coefficient (Wildman–Crippen LogP) is 2.18. The molecule has 1 aromatic carbocycles. The highest BCUT2D eigenvalue weighted by atomic mass is 16.5. The van der Waals surface area contributed by atoms with Crippen LogP contribution in [0.1, 0.15) is 12.8 Å². The van der Waals surface area contributed by atoms with Gasteiger partial charge in [0.25, 0.3) is 0 Å². The van der Waals surface area contributed by atoms with Crippen molar-refractivity contribution in [2.75, 3.05) is 12.4 Å². The standard InChI is InChI=1S/C14H16N2O2/c1-18-13-4-2-3-12-11(13)5-6-15-14(12)16-9-7-10(17)8-9/h2-6,9-10,17H,7-8H2,1H3,(H,15,16). The lowest BCUT2D eigenvalue weighted by molar-refractivity contribution is 0.0836. The summed E-state index contributed by atoms with van der Waals surface area (Å²) in [6, 6.07) is 8.21. The summed E-state index contributed by atoms with van der Waals surface area (Å²) in [5.74, 6) is 1.72. The molecule has 2 aromatic rings. The normalized spacial score (nSPS) is 22.6. The summed E-state index contributed by atoms with van der Waals surface area (Å²) in [5, 5.41) is 14.8. The number of aliphatic hydroxyl groups is 1. The number of nitrogens with zero attached hydrogens (tertiary/aromatic N) is 1. The lowest BCUT2D eigenvalue weighted by Crippen LogP contribution is -2.39. The number of benzene rings is 1. The predicted molar refractivity (Wildman–Crippen MR) is 70.9 cm³/mol. The van der Waals surface area contributed by atoms with Crippen LogP contribution in [-0.4, -0.2) is 29.3 Å². The van der Waals surface area contributed by atoms with Gasteiger partial charge in [0.1, 0.15) is 11.6 Å². The summed E-state index contributed by atoms with van der Waals surface area (Å²) in [7, 11) is 1.67. The van der Waals surface area contributed by atoms with E-state index in [0.29, 0.717) is 6.04 Å². The molecule has 4 heteroatoms. The first-order valence-electron chi connectivity index (χ1n) is 6.14. The minimum atomic E-state index is -0.160. The van der Waals surface area contributed by atoms with Crippen LogP contribution in [0.2, 0.25) is 0 Å². The molecule has 0 spiro atoms. The zero-order valence-electron chi connectivity index (χ0n) is 10.3. The summed E-state index contributed by atoms with van der Waals surface area (Å²) in [4.78, 5) is 4.38. The highest BCUT2D eigenvalue weighted by Gasteiger charge is 2.27. The minimum absolute atomic E-state index is 0.160. The maximum Gasteiger partial charge on any atom is 0.134 e. The molecule has 3 rings (SSSR count). The van der Waals surface area contributed by atoms with Gasteiger partial charge in [-0.1, -0.05) is 12.1 Å². The Morgan fingerprint density at radius 1 is 1.28 bits per heavy atom. The summed E-state index contributed by atoms with van der Waals surface area (Å²) in [6.45, 7) is 0. The molecule has 0 aliphatic heterocycles. The second-order valence-corrected chi connectivity index (χ2v) is 4.68. The third-order valence-electron chi connectivity index (χ3n) is 3.44. The molecule has 2 N–H and O–H groups in total. The van der Waals surface area contributed by atoms with E-state index in [0.717, 1.165) is 35.2 Å². The molecule has 94 valence electrons. The number of ether oxygens (including phenoxy) is 1. The Hall–Kier alpha value is -1.81. The quantitative estimate of drug-likeness (QED) is 0.869. The van der Waals surface area contributed by atoms with Crippen molar-refractivity contribution >= 4 is 16.6 Å². The van der Waals surface area contributed by atoms with Gasteiger partial charge in [-0.05, 0) is 25.0 Å². The number of aromatic nitrogens is 1. The van der Waals surface area contributed by atoms with Gasteiger partial charge in [-0.2, -0.15) is 0 Å². The Morgan fingerprint density at radius 2 is 2.11 bits per heavy atom. The average molecular weight is 244 g/mol. The molecule has 1 fully saturated rings. The van der Waals surface area contributed by atoms with Crippen LogP contribution in [0.5, 0.6) is 5.75 Å². The summed E-state index contributed by atoms with van der Waals surface area (Å²) in [5.41, 5.74) is 0. The number of nitrogens with one attached hydrogen (secondary N) is 1. The highest BCUT2D eigenvalue weighted by Crippen LogP contribution is 2.31. The minimum Gasteiger partial charge on any atom is -0.496 e. The number of aliphatic hydroxyl groups excluding tert-OH is 1. The van der Waals surface area contributed by atoms with Crippen LogP contribution in [-0.2, 0) is 0 Å². The Morgan fingerprint density at radius 3 is 2.83 bits per heavy atom. The van der Waals surface area contributed by atoms with E-state index in [1.54, 1.807) is 13.3 Å². The van der Waals surface area contributed by atoms with Crippen molar-refractivity contribution in [3.05, 3.63) is 30.5 Å². The molecule has 0 radical (unpaired) electrons. The van der Waals surface area contributed by atoms with E-state index >= 15 is 0 Å². The molecule has 1 aliphatic rings. The first kappa shape index (κ1) is 11.3. The monoisotopic (exact) mass is 244 g/mol. The number of hydrogen-bond acceptors (Lipinski definition) is 4. The molecule has 1 aliphatic carbocycles. The lowest BCUT2D eigenvalue weighted by atomic mass is 9.89. The number of pyridine rings is 1. The van der Waals surface area contributed by atoms with Gasteiger partial charge < -0.3 is 15.2 Å². The number of hydrogen-bond donors (Lipinski definition) is 2. The molecule has 0 atom stereocenters. The molecule has 0 bridgehead atoms. The van der Waals surface area contributed by atoms with Gasteiger partial charge in [0.15, 0.2) is 0 Å². The Balaban J connectivity index is 1.96. The number of fused-ring (bicyclic) bond motifs is 1. The first-order valence-corrected chi connectivity index (χ1v) is 6.14.